The van der Waals surface area contributed by atoms with E-state index in [-0.39, 0.29) is 5.97 Å². The fourth-order valence-electron chi connectivity index (χ4n) is 2.44. The van der Waals surface area contributed by atoms with Crippen LogP contribution in [0.1, 0.15) is 32.3 Å². The lowest BCUT2D eigenvalue weighted by atomic mass is 9.74. The number of cyclic esters (lactones) is 1. The number of hydrogen-bond donors (Lipinski definition) is 1. The molecule has 0 saturated carbocycles. The van der Waals surface area contributed by atoms with Gasteiger partial charge in [0.05, 0.1) is 19.3 Å². The highest BCUT2D eigenvalue weighted by atomic mass is 16.6. The number of carbonyl (C=O) groups is 1. The molecule has 0 aromatic heterocycles. The summed E-state index contributed by atoms with van der Waals surface area (Å²) in [6, 6.07) is 9.84. The number of aliphatic hydroxyl groups is 1. The third-order valence-corrected chi connectivity index (χ3v) is 4.21. The quantitative estimate of drug-likeness (QED) is 0.840. The average Bonchev–Trinajstić information content (AvgIpc) is 2.44. The summed E-state index contributed by atoms with van der Waals surface area (Å²) in [7, 11) is 0. The van der Waals surface area contributed by atoms with Crippen LogP contribution in [0.15, 0.2) is 30.3 Å². The van der Waals surface area contributed by atoms with Crippen LogP contribution >= 0.6 is 0 Å². The Morgan fingerprint density at radius 1 is 1.45 bits per heavy atom. The molecule has 1 aliphatic rings. The van der Waals surface area contributed by atoms with Crippen molar-refractivity contribution in [2.45, 2.75) is 45.5 Å². The van der Waals surface area contributed by atoms with Crippen molar-refractivity contribution >= 4 is 5.97 Å². The van der Waals surface area contributed by atoms with Gasteiger partial charge in [-0.05, 0) is 18.9 Å². The lowest BCUT2D eigenvalue weighted by Crippen LogP contribution is -2.49. The second-order valence-corrected chi connectivity index (χ2v) is 5.66. The third-order valence-electron chi connectivity index (χ3n) is 4.21. The van der Waals surface area contributed by atoms with Crippen molar-refractivity contribution in [3.05, 3.63) is 35.9 Å². The lowest BCUT2D eigenvalue weighted by Gasteiger charge is -2.42. The maximum absolute atomic E-state index is 11.5. The molecule has 0 radical (unpaired) electrons. The topological polar surface area (TPSA) is 55.8 Å². The van der Waals surface area contributed by atoms with Crippen molar-refractivity contribution in [2.75, 3.05) is 6.61 Å². The van der Waals surface area contributed by atoms with Crippen LogP contribution in [-0.4, -0.2) is 29.9 Å². The first-order valence-corrected chi connectivity index (χ1v) is 7.01. The minimum Gasteiger partial charge on any atom is -0.459 e. The van der Waals surface area contributed by atoms with Crippen molar-refractivity contribution in [1.82, 2.24) is 0 Å². The summed E-state index contributed by atoms with van der Waals surface area (Å²) >= 11 is 0. The predicted octanol–water partition coefficient (Wildman–Crippen LogP) is 2.30. The molecular formula is C16H22O4. The molecule has 1 aromatic carbocycles. The van der Waals surface area contributed by atoms with E-state index in [0.717, 1.165) is 5.56 Å². The molecule has 3 atom stereocenters. The maximum Gasteiger partial charge on any atom is 0.306 e. The van der Waals surface area contributed by atoms with Crippen molar-refractivity contribution in [3.63, 3.8) is 0 Å². The minimum atomic E-state index is -0.541. The van der Waals surface area contributed by atoms with Gasteiger partial charge in [-0.25, -0.2) is 0 Å². The van der Waals surface area contributed by atoms with Crippen molar-refractivity contribution in [3.8, 4) is 0 Å². The SMILES string of the molecule is C[C@@H](O)[C@@]1(C)CCC(=O)O[C@H]1COCc1ccccc1. The van der Waals surface area contributed by atoms with E-state index in [1.54, 1.807) is 6.92 Å². The zero-order valence-corrected chi connectivity index (χ0v) is 12.0. The Kier molecular flexibility index (Phi) is 4.78. The Hall–Kier alpha value is -1.39. The predicted molar refractivity (Wildman–Crippen MR) is 75.0 cm³/mol. The molecule has 4 nitrogen and oxygen atoms in total. The molecule has 110 valence electrons. The van der Waals surface area contributed by atoms with Crippen molar-refractivity contribution in [1.29, 1.82) is 0 Å². The first-order valence-electron chi connectivity index (χ1n) is 7.01. The molecule has 0 bridgehead atoms. The molecule has 4 heteroatoms. The van der Waals surface area contributed by atoms with E-state index < -0.39 is 17.6 Å². The van der Waals surface area contributed by atoms with E-state index in [1.807, 2.05) is 37.3 Å². The highest BCUT2D eigenvalue weighted by molar-refractivity contribution is 5.70. The largest absolute Gasteiger partial charge is 0.459 e. The Morgan fingerprint density at radius 3 is 2.80 bits per heavy atom. The van der Waals surface area contributed by atoms with Crippen LogP contribution in [-0.2, 0) is 20.9 Å². The van der Waals surface area contributed by atoms with E-state index in [2.05, 4.69) is 0 Å². The zero-order valence-electron chi connectivity index (χ0n) is 12.0. The molecule has 2 rings (SSSR count). The second-order valence-electron chi connectivity index (χ2n) is 5.66. The van der Waals surface area contributed by atoms with Gasteiger partial charge in [0.2, 0.25) is 0 Å². The number of esters is 1. The van der Waals surface area contributed by atoms with E-state index in [4.69, 9.17) is 9.47 Å². The van der Waals surface area contributed by atoms with E-state index in [0.29, 0.717) is 26.1 Å². The Labute approximate surface area is 119 Å². The average molecular weight is 278 g/mol. The van der Waals surface area contributed by atoms with Gasteiger partial charge in [-0.3, -0.25) is 4.79 Å². The highest BCUT2D eigenvalue weighted by Gasteiger charge is 2.44. The van der Waals surface area contributed by atoms with Gasteiger partial charge in [-0.15, -0.1) is 0 Å². The van der Waals surface area contributed by atoms with Crippen LogP contribution in [0.3, 0.4) is 0 Å². The van der Waals surface area contributed by atoms with E-state index in [9.17, 15) is 9.90 Å². The summed E-state index contributed by atoms with van der Waals surface area (Å²) in [4.78, 5) is 11.5. The number of aliphatic hydroxyl groups excluding tert-OH is 1. The number of benzene rings is 1. The van der Waals surface area contributed by atoms with Crippen LogP contribution < -0.4 is 0 Å². The van der Waals surface area contributed by atoms with Crippen LogP contribution in [0.5, 0.6) is 0 Å². The number of carbonyl (C=O) groups excluding carboxylic acids is 1. The maximum atomic E-state index is 11.5. The third kappa shape index (κ3) is 3.38. The Balaban J connectivity index is 1.93. The molecule has 1 N–H and O–H groups in total. The number of rotatable bonds is 5. The second kappa shape index (κ2) is 6.37. The van der Waals surface area contributed by atoms with Gasteiger partial charge in [0.25, 0.3) is 0 Å². The smallest absolute Gasteiger partial charge is 0.306 e. The first-order chi connectivity index (χ1) is 9.52. The van der Waals surface area contributed by atoms with Gasteiger partial charge in [0, 0.05) is 11.8 Å². The Morgan fingerprint density at radius 2 is 2.15 bits per heavy atom. The van der Waals surface area contributed by atoms with Crippen LogP contribution in [0, 0.1) is 5.41 Å². The van der Waals surface area contributed by atoms with E-state index in [1.165, 1.54) is 0 Å². The van der Waals surface area contributed by atoms with Crippen LogP contribution in [0.25, 0.3) is 0 Å². The van der Waals surface area contributed by atoms with Crippen molar-refractivity contribution < 1.29 is 19.4 Å². The monoisotopic (exact) mass is 278 g/mol. The number of ether oxygens (including phenoxy) is 2. The standard InChI is InChI=1S/C16H22O4/c1-12(17)16(2)9-8-15(18)20-14(16)11-19-10-13-6-4-3-5-7-13/h3-7,12,14,17H,8-11H2,1-2H3/t12-,14+,16-/m1/s1. The normalized spacial score (nSPS) is 27.9. The van der Waals surface area contributed by atoms with E-state index >= 15 is 0 Å². The lowest BCUT2D eigenvalue weighted by molar-refractivity contribution is -0.183. The molecule has 0 unspecified atom stereocenters. The van der Waals surface area contributed by atoms with Gasteiger partial charge in [0.1, 0.15) is 6.10 Å². The summed E-state index contributed by atoms with van der Waals surface area (Å²) in [6.07, 6.45) is 0.0489. The summed E-state index contributed by atoms with van der Waals surface area (Å²) in [5, 5.41) is 9.96. The molecule has 1 fully saturated rings. The van der Waals surface area contributed by atoms with Gasteiger partial charge < -0.3 is 14.6 Å². The highest BCUT2D eigenvalue weighted by Crippen LogP contribution is 2.38. The molecule has 0 aliphatic carbocycles. The fraction of sp³-hybridized carbons (Fsp3) is 0.562. The van der Waals surface area contributed by atoms with Gasteiger partial charge >= 0.3 is 5.97 Å². The zero-order chi connectivity index (χ0) is 14.6. The van der Waals surface area contributed by atoms with Crippen LogP contribution in [0.4, 0.5) is 0 Å². The molecule has 1 aromatic rings. The summed E-state index contributed by atoms with van der Waals surface area (Å²) in [5.74, 6) is -0.212. The molecule has 1 heterocycles. The Bertz CT molecular complexity index is 443. The summed E-state index contributed by atoms with van der Waals surface area (Å²) in [6.45, 7) is 4.47. The molecule has 1 saturated heterocycles. The molecule has 0 amide bonds. The fourth-order valence-corrected chi connectivity index (χ4v) is 2.44. The van der Waals surface area contributed by atoms with Gasteiger partial charge in [-0.1, -0.05) is 37.3 Å². The van der Waals surface area contributed by atoms with Crippen molar-refractivity contribution in [2.24, 2.45) is 5.41 Å². The molecule has 1 aliphatic heterocycles. The molecular weight excluding hydrogens is 256 g/mol. The summed E-state index contributed by atoms with van der Waals surface area (Å²) in [5.41, 5.74) is 0.637. The molecule has 20 heavy (non-hydrogen) atoms. The van der Waals surface area contributed by atoms with Crippen LogP contribution in [0.2, 0.25) is 0 Å². The molecule has 0 spiro atoms. The minimum absolute atomic E-state index is 0.212. The summed E-state index contributed by atoms with van der Waals surface area (Å²) < 4.78 is 11.0. The number of hydrogen-bond acceptors (Lipinski definition) is 4. The van der Waals surface area contributed by atoms with Gasteiger partial charge in [0.15, 0.2) is 0 Å². The first kappa shape index (κ1) is 15.0. The van der Waals surface area contributed by atoms with Gasteiger partial charge in [-0.2, -0.15) is 0 Å².